The number of benzene rings is 1. The van der Waals surface area contributed by atoms with Crippen molar-refractivity contribution >= 4 is 46.5 Å². The summed E-state index contributed by atoms with van der Waals surface area (Å²) in [5.74, 6) is -1.40. The quantitative estimate of drug-likeness (QED) is 0.440. The number of nitrogens with zero attached hydrogens (tertiary/aromatic N) is 3. The van der Waals surface area contributed by atoms with Crippen molar-refractivity contribution in [1.82, 2.24) is 9.78 Å². The van der Waals surface area contributed by atoms with Crippen LogP contribution in [0.5, 0.6) is 0 Å². The van der Waals surface area contributed by atoms with Crippen LogP contribution in [0.3, 0.4) is 0 Å². The zero-order valence-corrected chi connectivity index (χ0v) is 16.2. The third-order valence-corrected chi connectivity index (χ3v) is 4.52. The minimum atomic E-state index is -0.771. The van der Waals surface area contributed by atoms with Gasteiger partial charge in [0.2, 0.25) is 0 Å². The van der Waals surface area contributed by atoms with Crippen LogP contribution in [0.1, 0.15) is 17.0 Å². The predicted molar refractivity (Wildman–Crippen MR) is 99.1 cm³/mol. The lowest BCUT2D eigenvalue weighted by Crippen LogP contribution is -2.24. The molecule has 0 saturated heterocycles. The van der Waals surface area contributed by atoms with Crippen LogP contribution in [-0.4, -0.2) is 33.2 Å². The van der Waals surface area contributed by atoms with Gasteiger partial charge in [0.1, 0.15) is 17.9 Å². The summed E-state index contributed by atoms with van der Waals surface area (Å²) in [7, 11) is 0. The molecule has 0 aliphatic rings. The number of aryl methyl sites for hydroxylation is 2. The second-order valence-electron chi connectivity index (χ2n) is 5.70. The smallest absolute Gasteiger partial charge is 0.328 e. The van der Waals surface area contributed by atoms with Crippen molar-refractivity contribution in [2.24, 2.45) is 0 Å². The van der Waals surface area contributed by atoms with Crippen molar-refractivity contribution in [1.29, 1.82) is 0 Å². The van der Waals surface area contributed by atoms with Gasteiger partial charge in [-0.1, -0.05) is 29.3 Å². The maximum absolute atomic E-state index is 12.0. The number of nitro groups is 1. The first-order valence-electron chi connectivity index (χ1n) is 7.70. The molecular weight excluding hydrogens is 399 g/mol. The summed E-state index contributed by atoms with van der Waals surface area (Å²) in [6.45, 7) is 3.76. The van der Waals surface area contributed by atoms with Crippen LogP contribution in [0.25, 0.3) is 0 Å². The third kappa shape index (κ3) is 4.75. The average molecular weight is 415 g/mol. The number of hydrogen-bond acceptors (Lipinski definition) is 6. The molecule has 1 N–H and O–H groups in total. The molecule has 0 aliphatic heterocycles. The van der Waals surface area contributed by atoms with Crippen LogP contribution in [0, 0.1) is 30.9 Å². The summed E-state index contributed by atoms with van der Waals surface area (Å²) >= 11 is 12.1. The third-order valence-electron chi connectivity index (χ3n) is 3.72. The molecule has 0 fully saturated rings. The van der Waals surface area contributed by atoms with Gasteiger partial charge in [0.05, 0.1) is 20.7 Å². The van der Waals surface area contributed by atoms with E-state index in [0.29, 0.717) is 0 Å². The topological polar surface area (TPSA) is 116 Å². The Balaban J connectivity index is 1.97. The monoisotopic (exact) mass is 414 g/mol. The molecule has 2 aromatic rings. The molecule has 0 radical (unpaired) electrons. The molecule has 144 valence electrons. The molecule has 1 aromatic heterocycles. The van der Waals surface area contributed by atoms with E-state index >= 15 is 0 Å². The number of aromatic nitrogens is 2. The molecule has 1 amide bonds. The lowest BCUT2D eigenvalue weighted by atomic mass is 10.2. The van der Waals surface area contributed by atoms with E-state index in [2.05, 4.69) is 10.4 Å². The predicted octanol–water partition coefficient (Wildman–Crippen LogP) is 3.21. The maximum atomic E-state index is 12.0. The van der Waals surface area contributed by atoms with E-state index in [0.717, 1.165) is 10.2 Å². The first-order valence-corrected chi connectivity index (χ1v) is 8.45. The molecule has 0 saturated carbocycles. The number of amides is 1. The Morgan fingerprint density at radius 2 is 1.96 bits per heavy atom. The van der Waals surface area contributed by atoms with Crippen molar-refractivity contribution in [2.75, 3.05) is 11.9 Å². The Morgan fingerprint density at radius 1 is 1.30 bits per heavy atom. The largest absolute Gasteiger partial charge is 0.454 e. The number of nitrogens with one attached hydrogen (secondary N) is 1. The number of halogens is 2. The van der Waals surface area contributed by atoms with Crippen LogP contribution in [0.2, 0.25) is 10.0 Å². The number of anilines is 1. The summed E-state index contributed by atoms with van der Waals surface area (Å²) in [6, 6.07) is 3.29. The van der Waals surface area contributed by atoms with Crippen LogP contribution in [-0.2, 0) is 20.9 Å². The molecule has 1 heterocycles. The van der Waals surface area contributed by atoms with E-state index in [1.54, 1.807) is 19.1 Å². The number of ether oxygens (including phenoxy) is 1. The van der Waals surface area contributed by atoms with Gasteiger partial charge < -0.3 is 10.1 Å². The van der Waals surface area contributed by atoms with E-state index in [1.807, 2.05) is 0 Å². The normalized spacial score (nSPS) is 10.6. The Morgan fingerprint density at radius 3 is 2.56 bits per heavy atom. The summed E-state index contributed by atoms with van der Waals surface area (Å²) in [6.07, 6.45) is 0. The molecule has 0 atom stereocenters. The van der Waals surface area contributed by atoms with Crippen molar-refractivity contribution in [3.63, 3.8) is 0 Å². The van der Waals surface area contributed by atoms with Gasteiger partial charge in [-0.3, -0.25) is 24.4 Å². The number of carbonyl (C=O) groups is 2. The second kappa shape index (κ2) is 8.36. The lowest BCUT2D eigenvalue weighted by Gasteiger charge is -2.11. The zero-order valence-electron chi connectivity index (χ0n) is 14.7. The first kappa shape index (κ1) is 20.7. The van der Waals surface area contributed by atoms with Gasteiger partial charge in [-0.05, 0) is 32.4 Å². The minimum Gasteiger partial charge on any atom is -0.454 e. The summed E-state index contributed by atoms with van der Waals surface area (Å²) in [4.78, 5) is 34.3. The SMILES string of the molecule is Cc1ccc(Cl)c(NC(=O)COC(=O)Cn2nc(C)c([N+](=O)[O-])c2C)c1Cl. The van der Waals surface area contributed by atoms with Gasteiger partial charge in [-0.25, -0.2) is 0 Å². The number of hydrogen-bond donors (Lipinski definition) is 1. The highest BCUT2D eigenvalue weighted by molar-refractivity contribution is 6.40. The minimum absolute atomic E-state index is 0.163. The highest BCUT2D eigenvalue weighted by atomic mass is 35.5. The molecule has 1 aromatic carbocycles. The van der Waals surface area contributed by atoms with E-state index in [4.69, 9.17) is 27.9 Å². The molecule has 0 unspecified atom stereocenters. The molecule has 0 spiro atoms. The lowest BCUT2D eigenvalue weighted by molar-refractivity contribution is -0.386. The fraction of sp³-hybridized carbons (Fsp3) is 0.312. The van der Waals surface area contributed by atoms with Crippen molar-refractivity contribution in [3.8, 4) is 0 Å². The fourth-order valence-electron chi connectivity index (χ4n) is 2.37. The standard InChI is InChI=1S/C16H16Cl2N4O5/c1-8-4-5-11(17)15(14(8)18)19-12(23)7-27-13(24)6-21-10(3)16(22(25)26)9(2)20-21/h4-5H,6-7H2,1-3H3,(H,19,23). The van der Waals surface area contributed by atoms with Crippen molar-refractivity contribution in [3.05, 3.63) is 49.2 Å². The zero-order chi connectivity index (χ0) is 20.3. The van der Waals surface area contributed by atoms with E-state index < -0.39 is 23.4 Å². The summed E-state index contributed by atoms with van der Waals surface area (Å²) in [5.41, 5.74) is 1.20. The molecular formula is C16H16Cl2N4O5. The van der Waals surface area contributed by atoms with Crippen LogP contribution in [0.15, 0.2) is 12.1 Å². The Kier molecular flexibility index (Phi) is 6.40. The van der Waals surface area contributed by atoms with Gasteiger partial charge in [-0.2, -0.15) is 5.10 Å². The van der Waals surface area contributed by atoms with Gasteiger partial charge in [-0.15, -0.1) is 0 Å². The second-order valence-corrected chi connectivity index (χ2v) is 6.48. The van der Waals surface area contributed by atoms with Crippen LogP contribution < -0.4 is 5.32 Å². The fourth-order valence-corrected chi connectivity index (χ4v) is 2.83. The van der Waals surface area contributed by atoms with E-state index in [-0.39, 0.29) is 39.4 Å². The van der Waals surface area contributed by atoms with E-state index in [1.165, 1.54) is 13.8 Å². The number of esters is 1. The van der Waals surface area contributed by atoms with Gasteiger partial charge in [0, 0.05) is 0 Å². The highest BCUT2D eigenvalue weighted by Gasteiger charge is 2.23. The van der Waals surface area contributed by atoms with E-state index in [9.17, 15) is 19.7 Å². The number of carbonyl (C=O) groups excluding carboxylic acids is 2. The Hall–Kier alpha value is -2.65. The first-order chi connectivity index (χ1) is 12.6. The Labute approximate surface area is 164 Å². The molecule has 11 heteroatoms. The number of rotatable bonds is 6. The van der Waals surface area contributed by atoms with Crippen LogP contribution >= 0.6 is 23.2 Å². The molecule has 9 nitrogen and oxygen atoms in total. The van der Waals surface area contributed by atoms with Crippen molar-refractivity contribution < 1.29 is 19.2 Å². The molecule has 0 aliphatic carbocycles. The van der Waals surface area contributed by atoms with Crippen molar-refractivity contribution in [2.45, 2.75) is 27.3 Å². The molecule has 0 bridgehead atoms. The molecule has 27 heavy (non-hydrogen) atoms. The highest BCUT2D eigenvalue weighted by Crippen LogP contribution is 2.32. The maximum Gasteiger partial charge on any atom is 0.328 e. The van der Waals surface area contributed by atoms with Gasteiger partial charge in [0.25, 0.3) is 5.91 Å². The van der Waals surface area contributed by atoms with Gasteiger partial charge in [0.15, 0.2) is 6.61 Å². The Bertz CT molecular complexity index is 926. The summed E-state index contributed by atoms with van der Waals surface area (Å²) < 4.78 is 6.04. The van der Waals surface area contributed by atoms with Crippen LogP contribution in [0.4, 0.5) is 11.4 Å². The van der Waals surface area contributed by atoms with Gasteiger partial charge >= 0.3 is 11.7 Å². The molecule has 2 rings (SSSR count). The average Bonchev–Trinajstić information content (AvgIpc) is 2.87. The summed E-state index contributed by atoms with van der Waals surface area (Å²) in [5, 5.41) is 17.9.